The van der Waals surface area contributed by atoms with Crippen molar-refractivity contribution in [3.63, 3.8) is 0 Å². The first kappa shape index (κ1) is 16.8. The molecule has 2 aromatic carbocycles. The van der Waals surface area contributed by atoms with Crippen LogP contribution in [0, 0.1) is 0 Å². The second-order valence-electron chi connectivity index (χ2n) is 7.35. The number of benzene rings is 2. The van der Waals surface area contributed by atoms with Crippen LogP contribution >= 0.6 is 0 Å². The average Bonchev–Trinajstić information content (AvgIpc) is 3.30. The molecule has 0 saturated heterocycles. The maximum Gasteiger partial charge on any atom is 0.255 e. The molecular formula is C23H21N3O2. The normalized spacial score (nSPS) is 14.9. The molecule has 1 aliphatic rings. The van der Waals surface area contributed by atoms with Gasteiger partial charge in [-0.15, -0.1) is 0 Å². The third kappa shape index (κ3) is 2.99. The van der Waals surface area contributed by atoms with Gasteiger partial charge in [0.25, 0.3) is 5.91 Å². The molecule has 28 heavy (non-hydrogen) atoms. The van der Waals surface area contributed by atoms with Crippen molar-refractivity contribution in [2.75, 3.05) is 0 Å². The van der Waals surface area contributed by atoms with Crippen molar-refractivity contribution in [1.29, 1.82) is 0 Å². The van der Waals surface area contributed by atoms with E-state index >= 15 is 0 Å². The van der Waals surface area contributed by atoms with Gasteiger partial charge in [-0.3, -0.25) is 4.79 Å². The Labute approximate surface area is 163 Å². The molecule has 1 saturated carbocycles. The Morgan fingerprint density at radius 1 is 1.14 bits per heavy atom. The number of rotatable bonds is 5. The predicted molar refractivity (Wildman–Crippen MR) is 108 cm³/mol. The van der Waals surface area contributed by atoms with Gasteiger partial charge in [0.2, 0.25) is 0 Å². The summed E-state index contributed by atoms with van der Waals surface area (Å²) in [6.07, 6.45) is 3.87. The molecule has 2 aromatic heterocycles. The second kappa shape index (κ2) is 6.68. The van der Waals surface area contributed by atoms with Crippen LogP contribution in [0.4, 0.5) is 0 Å². The van der Waals surface area contributed by atoms with E-state index in [-0.39, 0.29) is 11.9 Å². The molecule has 5 nitrogen and oxygen atoms in total. The van der Waals surface area contributed by atoms with Crippen LogP contribution < -0.4 is 5.32 Å². The minimum absolute atomic E-state index is 0.114. The fourth-order valence-corrected chi connectivity index (χ4v) is 3.62. The topological polar surface area (TPSA) is 60.1 Å². The van der Waals surface area contributed by atoms with Crippen LogP contribution in [-0.2, 0) is 0 Å². The highest BCUT2D eigenvalue weighted by atomic mass is 16.3. The van der Waals surface area contributed by atoms with E-state index in [2.05, 4.69) is 10.4 Å². The summed E-state index contributed by atoms with van der Waals surface area (Å²) in [5.74, 6) is 1.03. The summed E-state index contributed by atoms with van der Waals surface area (Å²) in [6, 6.07) is 19.6. The Balaban J connectivity index is 1.43. The van der Waals surface area contributed by atoms with Gasteiger partial charge in [-0.1, -0.05) is 36.4 Å². The van der Waals surface area contributed by atoms with Gasteiger partial charge >= 0.3 is 0 Å². The lowest BCUT2D eigenvalue weighted by Crippen LogP contribution is -2.27. The van der Waals surface area contributed by atoms with Crippen LogP contribution in [0.3, 0.4) is 0 Å². The predicted octanol–water partition coefficient (Wildman–Crippen LogP) is 4.99. The zero-order chi connectivity index (χ0) is 19.1. The fraction of sp³-hybridized carbons (Fsp3) is 0.217. The molecule has 4 aromatic rings. The molecule has 5 heteroatoms. The van der Waals surface area contributed by atoms with Crippen LogP contribution in [0.1, 0.15) is 53.5 Å². The van der Waals surface area contributed by atoms with E-state index in [1.54, 1.807) is 6.20 Å². The third-order valence-corrected chi connectivity index (χ3v) is 5.23. The smallest absolute Gasteiger partial charge is 0.255 e. The van der Waals surface area contributed by atoms with Crippen LogP contribution in [0.15, 0.2) is 71.3 Å². The number of hydrogen-bond acceptors (Lipinski definition) is 3. The van der Waals surface area contributed by atoms with E-state index in [4.69, 9.17) is 4.42 Å². The van der Waals surface area contributed by atoms with E-state index < -0.39 is 0 Å². The van der Waals surface area contributed by atoms with E-state index in [1.807, 2.05) is 72.3 Å². The maximum atomic E-state index is 13.0. The molecule has 5 rings (SSSR count). The van der Waals surface area contributed by atoms with Gasteiger partial charge < -0.3 is 9.73 Å². The zero-order valence-electron chi connectivity index (χ0n) is 15.6. The first-order valence-electron chi connectivity index (χ1n) is 9.63. The summed E-state index contributed by atoms with van der Waals surface area (Å²) in [6.45, 7) is 1.94. The molecule has 1 atom stereocenters. The molecule has 0 aliphatic heterocycles. The molecule has 1 amide bonds. The SMILES string of the molecule is C[C@@H](NC(=O)c1cnn(-c2ccccc2)c1C1CC1)c1cc2ccccc2o1. The Morgan fingerprint density at radius 3 is 2.64 bits per heavy atom. The lowest BCUT2D eigenvalue weighted by molar-refractivity contribution is 0.0934. The monoisotopic (exact) mass is 371 g/mol. The highest BCUT2D eigenvalue weighted by Gasteiger charge is 2.33. The Bertz CT molecular complexity index is 1110. The van der Waals surface area contributed by atoms with Crippen molar-refractivity contribution in [3.8, 4) is 5.69 Å². The van der Waals surface area contributed by atoms with Crippen molar-refractivity contribution in [2.45, 2.75) is 31.7 Å². The first-order chi connectivity index (χ1) is 13.7. The standard InChI is InChI=1S/C23H21N3O2/c1-15(21-13-17-7-5-6-10-20(17)28-21)25-23(27)19-14-24-26(22(19)16-11-12-16)18-8-3-2-4-9-18/h2-10,13-16H,11-12H2,1H3,(H,25,27)/t15-/m1/s1. The van der Waals surface area contributed by atoms with Crippen molar-refractivity contribution in [2.24, 2.45) is 0 Å². The number of carbonyl (C=O) groups is 1. The number of nitrogens with zero attached hydrogens (tertiary/aromatic N) is 2. The highest BCUT2D eigenvalue weighted by Crippen LogP contribution is 2.42. The molecule has 0 unspecified atom stereocenters. The van der Waals surface area contributed by atoms with Crippen LogP contribution in [0.25, 0.3) is 16.7 Å². The summed E-state index contributed by atoms with van der Waals surface area (Å²) >= 11 is 0. The second-order valence-corrected chi connectivity index (χ2v) is 7.35. The van der Waals surface area contributed by atoms with Crippen LogP contribution in [0.2, 0.25) is 0 Å². The minimum atomic E-state index is -0.230. The Kier molecular flexibility index (Phi) is 4.01. The van der Waals surface area contributed by atoms with Gasteiger partial charge in [0.05, 0.1) is 29.2 Å². The molecule has 1 aliphatic carbocycles. The van der Waals surface area contributed by atoms with Crippen molar-refractivity contribution in [3.05, 3.63) is 83.9 Å². The van der Waals surface area contributed by atoms with Gasteiger partial charge in [-0.05, 0) is 44.0 Å². The van der Waals surface area contributed by atoms with E-state index in [0.717, 1.165) is 41.0 Å². The fourth-order valence-electron chi connectivity index (χ4n) is 3.62. The van der Waals surface area contributed by atoms with E-state index in [1.165, 1.54) is 0 Å². The summed E-state index contributed by atoms with van der Waals surface area (Å²) in [5.41, 5.74) is 3.46. The van der Waals surface area contributed by atoms with Gasteiger partial charge in [-0.2, -0.15) is 5.10 Å². The van der Waals surface area contributed by atoms with Gasteiger partial charge in [0.1, 0.15) is 11.3 Å². The van der Waals surface area contributed by atoms with Crippen molar-refractivity contribution in [1.82, 2.24) is 15.1 Å². The zero-order valence-corrected chi connectivity index (χ0v) is 15.6. The Hall–Kier alpha value is -3.34. The number of nitrogens with one attached hydrogen (secondary N) is 1. The van der Waals surface area contributed by atoms with Crippen molar-refractivity contribution < 1.29 is 9.21 Å². The van der Waals surface area contributed by atoms with E-state index in [9.17, 15) is 4.79 Å². The highest BCUT2D eigenvalue weighted by molar-refractivity contribution is 5.96. The van der Waals surface area contributed by atoms with Crippen LogP contribution in [0.5, 0.6) is 0 Å². The van der Waals surface area contributed by atoms with Gasteiger partial charge in [0, 0.05) is 11.3 Å². The number of furan rings is 1. The van der Waals surface area contributed by atoms with Gasteiger partial charge in [-0.25, -0.2) is 4.68 Å². The summed E-state index contributed by atoms with van der Waals surface area (Å²) < 4.78 is 7.80. The number of carbonyl (C=O) groups excluding carboxylic acids is 1. The lowest BCUT2D eigenvalue weighted by Gasteiger charge is -2.13. The lowest BCUT2D eigenvalue weighted by atomic mass is 10.1. The van der Waals surface area contributed by atoms with E-state index in [0.29, 0.717) is 11.5 Å². The number of fused-ring (bicyclic) bond motifs is 1. The minimum Gasteiger partial charge on any atom is -0.459 e. The largest absolute Gasteiger partial charge is 0.459 e. The molecular weight excluding hydrogens is 350 g/mol. The number of amides is 1. The molecule has 140 valence electrons. The molecule has 2 heterocycles. The third-order valence-electron chi connectivity index (χ3n) is 5.23. The molecule has 1 fully saturated rings. The summed E-state index contributed by atoms with van der Waals surface area (Å²) in [4.78, 5) is 13.0. The Morgan fingerprint density at radius 2 is 1.89 bits per heavy atom. The first-order valence-corrected chi connectivity index (χ1v) is 9.63. The molecule has 0 spiro atoms. The summed E-state index contributed by atoms with van der Waals surface area (Å²) in [5, 5.41) is 8.63. The van der Waals surface area contributed by atoms with Gasteiger partial charge in [0.15, 0.2) is 0 Å². The number of hydrogen-bond donors (Lipinski definition) is 1. The number of aromatic nitrogens is 2. The van der Waals surface area contributed by atoms with Crippen LogP contribution in [-0.4, -0.2) is 15.7 Å². The average molecular weight is 371 g/mol. The maximum absolute atomic E-state index is 13.0. The molecule has 1 N–H and O–H groups in total. The van der Waals surface area contributed by atoms with Crippen molar-refractivity contribution >= 4 is 16.9 Å². The molecule has 0 bridgehead atoms. The quantitative estimate of drug-likeness (QED) is 0.538. The number of para-hydroxylation sites is 2. The summed E-state index contributed by atoms with van der Waals surface area (Å²) in [7, 11) is 0. The molecule has 0 radical (unpaired) electrons.